The van der Waals surface area contributed by atoms with Gasteiger partial charge in [-0.3, -0.25) is 14.5 Å². The van der Waals surface area contributed by atoms with Gasteiger partial charge in [0.05, 0.1) is 16.4 Å². The average Bonchev–Trinajstić information content (AvgIpc) is 3.16. The van der Waals surface area contributed by atoms with E-state index >= 15 is 0 Å². The molecule has 0 saturated carbocycles. The molecule has 0 aliphatic carbocycles. The number of hydrogen-bond donors (Lipinski definition) is 1. The van der Waals surface area contributed by atoms with Crippen LogP contribution in [0.3, 0.4) is 0 Å². The first-order valence-corrected chi connectivity index (χ1v) is 10.3. The summed E-state index contributed by atoms with van der Waals surface area (Å²) in [6, 6.07) is 10.2. The fraction of sp³-hybridized carbons (Fsp3) is 0.227. The number of benzene rings is 2. The van der Waals surface area contributed by atoms with Gasteiger partial charge in [-0.25, -0.2) is 9.37 Å². The Morgan fingerprint density at radius 1 is 1.27 bits per heavy atom. The van der Waals surface area contributed by atoms with Gasteiger partial charge in [0, 0.05) is 16.6 Å². The first-order valence-electron chi connectivity index (χ1n) is 9.46. The van der Waals surface area contributed by atoms with Crippen molar-refractivity contribution in [2.45, 2.75) is 32.9 Å². The number of aryl methyl sites for hydroxylation is 1. The van der Waals surface area contributed by atoms with Crippen molar-refractivity contribution in [1.82, 2.24) is 4.98 Å². The van der Waals surface area contributed by atoms with Crippen LogP contribution in [0, 0.1) is 12.7 Å². The van der Waals surface area contributed by atoms with E-state index in [0.717, 1.165) is 16.3 Å². The summed E-state index contributed by atoms with van der Waals surface area (Å²) in [7, 11) is 0. The SMILES string of the molecule is Cc1nc(-c2ccc3c(c2)N(C(C)C(=O)Nc2ccc(F)cc2)C(=O)C(C)O3)cs1. The van der Waals surface area contributed by atoms with Gasteiger partial charge in [-0.1, -0.05) is 0 Å². The molecule has 0 spiro atoms. The van der Waals surface area contributed by atoms with Crippen LogP contribution in [-0.2, 0) is 9.59 Å². The van der Waals surface area contributed by atoms with Crippen molar-refractivity contribution in [1.29, 1.82) is 0 Å². The predicted octanol–water partition coefficient (Wildman–Crippen LogP) is 4.40. The maximum absolute atomic E-state index is 13.1. The van der Waals surface area contributed by atoms with Crippen LogP contribution < -0.4 is 15.0 Å². The molecule has 1 aliphatic heterocycles. The van der Waals surface area contributed by atoms with E-state index in [4.69, 9.17) is 4.74 Å². The molecule has 30 heavy (non-hydrogen) atoms. The monoisotopic (exact) mass is 425 g/mol. The standard InChI is InChI=1S/C22H20FN3O3S/c1-12(21(27)25-17-7-5-16(23)6-8-17)26-19-10-15(18-11-30-14(3)24-18)4-9-20(19)29-13(2)22(26)28/h4-13H,1-3H3,(H,25,27). The van der Waals surface area contributed by atoms with E-state index in [9.17, 15) is 14.0 Å². The Morgan fingerprint density at radius 2 is 2.00 bits per heavy atom. The van der Waals surface area contributed by atoms with Gasteiger partial charge in [-0.05, 0) is 63.2 Å². The van der Waals surface area contributed by atoms with Gasteiger partial charge in [0.2, 0.25) is 5.91 Å². The molecule has 2 heterocycles. The van der Waals surface area contributed by atoms with Crippen molar-refractivity contribution >= 4 is 34.5 Å². The summed E-state index contributed by atoms with van der Waals surface area (Å²) < 4.78 is 18.9. The number of aromatic nitrogens is 1. The molecular weight excluding hydrogens is 405 g/mol. The highest BCUT2D eigenvalue weighted by atomic mass is 32.1. The van der Waals surface area contributed by atoms with Crippen LogP contribution in [0.25, 0.3) is 11.3 Å². The maximum Gasteiger partial charge on any atom is 0.268 e. The second kappa shape index (κ2) is 7.87. The Hall–Kier alpha value is -3.26. The van der Waals surface area contributed by atoms with Crippen molar-refractivity contribution in [2.75, 3.05) is 10.2 Å². The Labute approximate surface area is 177 Å². The topological polar surface area (TPSA) is 71.5 Å². The van der Waals surface area contributed by atoms with Gasteiger partial charge in [0.15, 0.2) is 6.10 Å². The van der Waals surface area contributed by atoms with E-state index in [-0.39, 0.29) is 11.8 Å². The number of ether oxygens (including phenoxy) is 1. The molecule has 2 atom stereocenters. The minimum Gasteiger partial charge on any atom is -0.479 e. The lowest BCUT2D eigenvalue weighted by Gasteiger charge is -2.36. The Bertz CT molecular complexity index is 1110. The zero-order chi connectivity index (χ0) is 21.4. The van der Waals surface area contributed by atoms with Gasteiger partial charge >= 0.3 is 0 Å². The van der Waals surface area contributed by atoms with E-state index in [1.807, 2.05) is 24.4 Å². The highest BCUT2D eigenvalue weighted by molar-refractivity contribution is 7.09. The molecule has 0 bridgehead atoms. The summed E-state index contributed by atoms with van der Waals surface area (Å²) in [6.07, 6.45) is -0.717. The smallest absolute Gasteiger partial charge is 0.268 e. The fourth-order valence-corrected chi connectivity index (χ4v) is 3.93. The van der Waals surface area contributed by atoms with Crippen LogP contribution >= 0.6 is 11.3 Å². The summed E-state index contributed by atoms with van der Waals surface area (Å²) in [5, 5.41) is 5.61. The van der Waals surface area contributed by atoms with Crippen LogP contribution in [0.5, 0.6) is 5.75 Å². The molecule has 0 saturated heterocycles. The van der Waals surface area contributed by atoms with Crippen LogP contribution in [0.15, 0.2) is 47.8 Å². The molecule has 1 aromatic heterocycles. The summed E-state index contributed by atoms with van der Waals surface area (Å²) >= 11 is 1.54. The number of nitrogens with one attached hydrogen (secondary N) is 1. The van der Waals surface area contributed by atoms with Crippen molar-refractivity contribution < 1.29 is 18.7 Å². The zero-order valence-electron chi connectivity index (χ0n) is 16.7. The normalized spacial score (nSPS) is 16.6. The number of amides is 2. The van der Waals surface area contributed by atoms with E-state index in [1.165, 1.54) is 40.5 Å². The molecule has 1 aliphatic rings. The summed E-state index contributed by atoms with van der Waals surface area (Å²) in [5.74, 6) is -0.558. The first-order chi connectivity index (χ1) is 14.3. The van der Waals surface area contributed by atoms with Gasteiger partial charge in [-0.2, -0.15) is 0 Å². The van der Waals surface area contributed by atoms with Gasteiger partial charge in [0.25, 0.3) is 5.91 Å². The predicted molar refractivity (Wildman–Crippen MR) is 114 cm³/mol. The minimum atomic E-state index is -0.805. The molecular formula is C22H20FN3O3S. The molecule has 2 aromatic carbocycles. The number of halogens is 1. The molecule has 2 unspecified atom stereocenters. The molecule has 3 aromatic rings. The number of thiazole rings is 1. The van der Waals surface area contributed by atoms with Crippen LogP contribution in [0.2, 0.25) is 0 Å². The van der Waals surface area contributed by atoms with E-state index in [2.05, 4.69) is 10.3 Å². The Balaban J connectivity index is 1.67. The lowest BCUT2D eigenvalue weighted by molar-refractivity contribution is -0.128. The molecule has 1 N–H and O–H groups in total. The fourth-order valence-electron chi connectivity index (χ4n) is 3.31. The van der Waals surface area contributed by atoms with Crippen molar-refractivity contribution in [3.05, 3.63) is 58.7 Å². The van der Waals surface area contributed by atoms with Crippen LogP contribution in [-0.4, -0.2) is 28.9 Å². The number of carbonyl (C=O) groups is 2. The molecule has 6 nitrogen and oxygen atoms in total. The highest BCUT2D eigenvalue weighted by Crippen LogP contribution is 2.39. The van der Waals surface area contributed by atoms with E-state index in [1.54, 1.807) is 19.9 Å². The molecule has 8 heteroatoms. The third-order valence-corrected chi connectivity index (χ3v) is 5.67. The van der Waals surface area contributed by atoms with Crippen molar-refractivity contribution in [2.24, 2.45) is 0 Å². The number of nitrogens with zero attached hydrogens (tertiary/aromatic N) is 2. The Kier molecular flexibility index (Phi) is 5.26. The molecule has 0 fully saturated rings. The Morgan fingerprint density at radius 3 is 2.67 bits per heavy atom. The van der Waals surface area contributed by atoms with Gasteiger partial charge < -0.3 is 10.1 Å². The quantitative estimate of drug-likeness (QED) is 0.673. The number of rotatable bonds is 4. The lowest BCUT2D eigenvalue weighted by atomic mass is 10.1. The molecule has 0 radical (unpaired) electrons. The number of fused-ring (bicyclic) bond motifs is 1. The van der Waals surface area contributed by atoms with Crippen LogP contribution in [0.4, 0.5) is 15.8 Å². The molecule has 2 amide bonds. The first kappa shape index (κ1) is 20.0. The number of hydrogen-bond acceptors (Lipinski definition) is 5. The average molecular weight is 425 g/mol. The summed E-state index contributed by atoms with van der Waals surface area (Å²) in [5.41, 5.74) is 2.60. The van der Waals surface area contributed by atoms with E-state index in [0.29, 0.717) is 17.1 Å². The maximum atomic E-state index is 13.1. The minimum absolute atomic E-state index is 0.309. The zero-order valence-corrected chi connectivity index (χ0v) is 17.5. The largest absolute Gasteiger partial charge is 0.479 e. The van der Waals surface area contributed by atoms with Gasteiger partial charge in [-0.15, -0.1) is 11.3 Å². The lowest BCUT2D eigenvalue weighted by Crippen LogP contribution is -2.52. The van der Waals surface area contributed by atoms with Crippen molar-refractivity contribution in [3.63, 3.8) is 0 Å². The number of carbonyl (C=O) groups excluding carboxylic acids is 2. The molecule has 4 rings (SSSR count). The molecule has 154 valence electrons. The second-order valence-corrected chi connectivity index (χ2v) is 8.14. The van der Waals surface area contributed by atoms with Gasteiger partial charge in [0.1, 0.15) is 17.6 Å². The van der Waals surface area contributed by atoms with Crippen molar-refractivity contribution in [3.8, 4) is 17.0 Å². The van der Waals surface area contributed by atoms with E-state index < -0.39 is 18.0 Å². The third kappa shape index (κ3) is 3.78. The third-order valence-electron chi connectivity index (χ3n) is 4.90. The highest BCUT2D eigenvalue weighted by Gasteiger charge is 2.37. The number of anilines is 2. The summed E-state index contributed by atoms with van der Waals surface area (Å²) in [4.78, 5) is 31.8. The van der Waals surface area contributed by atoms with Crippen LogP contribution in [0.1, 0.15) is 18.9 Å². The second-order valence-electron chi connectivity index (χ2n) is 7.07. The summed E-state index contributed by atoms with van der Waals surface area (Å²) in [6.45, 7) is 5.23.